The van der Waals surface area contributed by atoms with E-state index >= 15 is 0 Å². The van der Waals surface area contributed by atoms with E-state index in [0.29, 0.717) is 12.1 Å². The molecule has 4 heteroatoms. The van der Waals surface area contributed by atoms with E-state index in [1.54, 1.807) is 0 Å². The molecule has 3 atom stereocenters. The van der Waals surface area contributed by atoms with Gasteiger partial charge in [0.25, 0.3) is 0 Å². The van der Waals surface area contributed by atoms with Gasteiger partial charge in [0.05, 0.1) is 6.10 Å². The summed E-state index contributed by atoms with van der Waals surface area (Å²) >= 11 is 6.05. The lowest BCUT2D eigenvalue weighted by molar-refractivity contribution is 0.0528. The van der Waals surface area contributed by atoms with Crippen LogP contribution in [0, 0.1) is 0 Å². The molecule has 1 aromatic carbocycles. The van der Waals surface area contributed by atoms with Gasteiger partial charge in [0, 0.05) is 43.3 Å². The first-order chi connectivity index (χ1) is 9.11. The number of aliphatic hydroxyl groups is 1. The van der Waals surface area contributed by atoms with Crippen molar-refractivity contribution >= 4 is 11.6 Å². The number of nitrogens with zero attached hydrogens (tertiary/aromatic N) is 2. The van der Waals surface area contributed by atoms with E-state index < -0.39 is 0 Å². The average molecular weight is 281 g/mol. The van der Waals surface area contributed by atoms with Crippen molar-refractivity contribution in [3.05, 3.63) is 34.9 Å². The standard InChI is InChI=1S/C15H21ClN2O/c1-11-7-18-10-15(19)6-14(18)9-17(11)8-12-3-2-4-13(16)5-12/h2-5,11,14-15,19H,6-10H2,1H3/t11-,14?,15+/m0/s1. The Balaban J connectivity index is 1.68. The summed E-state index contributed by atoms with van der Waals surface area (Å²) in [5.41, 5.74) is 1.27. The first-order valence-electron chi connectivity index (χ1n) is 7.02. The third-order valence-electron chi connectivity index (χ3n) is 4.35. The first-order valence-corrected chi connectivity index (χ1v) is 7.40. The molecule has 1 aromatic rings. The Morgan fingerprint density at radius 2 is 2.16 bits per heavy atom. The molecule has 0 radical (unpaired) electrons. The summed E-state index contributed by atoms with van der Waals surface area (Å²) in [6.07, 6.45) is 0.780. The molecular formula is C15H21ClN2O. The topological polar surface area (TPSA) is 26.7 Å². The number of halogens is 1. The van der Waals surface area contributed by atoms with Crippen molar-refractivity contribution in [2.75, 3.05) is 19.6 Å². The summed E-state index contributed by atoms with van der Waals surface area (Å²) in [6.45, 7) is 6.17. The molecule has 0 aliphatic carbocycles. The second kappa shape index (κ2) is 5.41. The number of benzene rings is 1. The summed E-state index contributed by atoms with van der Waals surface area (Å²) in [7, 11) is 0. The minimum absolute atomic E-state index is 0.136. The van der Waals surface area contributed by atoms with Crippen LogP contribution in [-0.4, -0.2) is 52.7 Å². The van der Waals surface area contributed by atoms with Gasteiger partial charge in [-0.05, 0) is 31.0 Å². The SMILES string of the molecule is C[C@H]1CN2C[C@H](O)CC2CN1Cc1cccc(Cl)c1. The highest BCUT2D eigenvalue weighted by Gasteiger charge is 2.37. The van der Waals surface area contributed by atoms with Gasteiger partial charge in [-0.1, -0.05) is 23.7 Å². The van der Waals surface area contributed by atoms with Crippen LogP contribution < -0.4 is 0 Å². The number of piperazine rings is 1. The molecular weight excluding hydrogens is 260 g/mol. The summed E-state index contributed by atoms with van der Waals surface area (Å²) in [6, 6.07) is 9.15. The highest BCUT2D eigenvalue weighted by atomic mass is 35.5. The number of rotatable bonds is 2. The van der Waals surface area contributed by atoms with Gasteiger partial charge in [-0.3, -0.25) is 9.80 Å². The van der Waals surface area contributed by atoms with E-state index in [1.165, 1.54) is 5.56 Å². The maximum absolute atomic E-state index is 9.78. The molecule has 0 saturated carbocycles. The Kier molecular flexibility index (Phi) is 3.81. The smallest absolute Gasteiger partial charge is 0.0682 e. The molecule has 0 amide bonds. The van der Waals surface area contributed by atoms with Crippen LogP contribution in [0.2, 0.25) is 5.02 Å². The maximum Gasteiger partial charge on any atom is 0.0682 e. The molecule has 2 fully saturated rings. The molecule has 2 heterocycles. The quantitative estimate of drug-likeness (QED) is 0.897. The fourth-order valence-electron chi connectivity index (χ4n) is 3.37. The van der Waals surface area contributed by atoms with Gasteiger partial charge < -0.3 is 5.11 Å². The van der Waals surface area contributed by atoms with Gasteiger partial charge in [-0.25, -0.2) is 0 Å². The third-order valence-corrected chi connectivity index (χ3v) is 4.58. The lowest BCUT2D eigenvalue weighted by Crippen LogP contribution is -2.54. The minimum atomic E-state index is -0.136. The molecule has 0 aromatic heterocycles. The highest BCUT2D eigenvalue weighted by molar-refractivity contribution is 6.30. The van der Waals surface area contributed by atoms with Crippen LogP contribution in [0.15, 0.2) is 24.3 Å². The Labute approximate surface area is 119 Å². The van der Waals surface area contributed by atoms with Gasteiger partial charge in [0.2, 0.25) is 0 Å². The fourth-order valence-corrected chi connectivity index (χ4v) is 3.58. The summed E-state index contributed by atoms with van der Waals surface area (Å²) in [5.74, 6) is 0. The first kappa shape index (κ1) is 13.4. The van der Waals surface area contributed by atoms with E-state index in [-0.39, 0.29) is 6.10 Å². The normalized spacial score (nSPS) is 32.5. The molecule has 19 heavy (non-hydrogen) atoms. The number of fused-ring (bicyclic) bond motifs is 1. The van der Waals surface area contributed by atoms with Crippen LogP contribution in [0.5, 0.6) is 0 Å². The summed E-state index contributed by atoms with van der Waals surface area (Å²) < 4.78 is 0. The van der Waals surface area contributed by atoms with Gasteiger partial charge in [-0.15, -0.1) is 0 Å². The van der Waals surface area contributed by atoms with Crippen LogP contribution in [0.25, 0.3) is 0 Å². The predicted molar refractivity (Wildman–Crippen MR) is 77.3 cm³/mol. The molecule has 0 bridgehead atoms. The molecule has 2 aliphatic heterocycles. The van der Waals surface area contributed by atoms with Gasteiger partial charge in [0.1, 0.15) is 0 Å². The molecule has 1 N–H and O–H groups in total. The van der Waals surface area contributed by atoms with E-state index in [2.05, 4.69) is 22.8 Å². The third kappa shape index (κ3) is 2.95. The molecule has 0 spiro atoms. The van der Waals surface area contributed by atoms with Crippen molar-refractivity contribution < 1.29 is 5.11 Å². The van der Waals surface area contributed by atoms with Crippen molar-refractivity contribution in [2.24, 2.45) is 0 Å². The molecule has 3 rings (SSSR count). The van der Waals surface area contributed by atoms with Gasteiger partial charge in [0.15, 0.2) is 0 Å². The zero-order valence-electron chi connectivity index (χ0n) is 11.3. The Morgan fingerprint density at radius 1 is 1.32 bits per heavy atom. The van der Waals surface area contributed by atoms with Gasteiger partial charge >= 0.3 is 0 Å². The second-order valence-electron chi connectivity index (χ2n) is 5.91. The summed E-state index contributed by atoms with van der Waals surface area (Å²) in [5, 5.41) is 10.6. The second-order valence-corrected chi connectivity index (χ2v) is 6.34. The van der Waals surface area contributed by atoms with E-state index in [0.717, 1.165) is 37.6 Å². The molecule has 2 aliphatic rings. The number of aliphatic hydroxyl groups excluding tert-OH is 1. The van der Waals surface area contributed by atoms with Crippen LogP contribution in [0.3, 0.4) is 0 Å². The lowest BCUT2D eigenvalue weighted by atomic mass is 10.1. The van der Waals surface area contributed by atoms with Crippen molar-refractivity contribution in [3.8, 4) is 0 Å². The minimum Gasteiger partial charge on any atom is -0.392 e. The zero-order chi connectivity index (χ0) is 13.4. The molecule has 2 saturated heterocycles. The Bertz CT molecular complexity index is 454. The van der Waals surface area contributed by atoms with Crippen molar-refractivity contribution in [3.63, 3.8) is 0 Å². The van der Waals surface area contributed by atoms with Crippen molar-refractivity contribution in [1.82, 2.24) is 9.80 Å². The monoisotopic (exact) mass is 280 g/mol. The molecule has 1 unspecified atom stereocenters. The van der Waals surface area contributed by atoms with Crippen LogP contribution in [-0.2, 0) is 6.54 Å². The van der Waals surface area contributed by atoms with E-state index in [9.17, 15) is 5.11 Å². The van der Waals surface area contributed by atoms with Crippen LogP contribution >= 0.6 is 11.6 Å². The zero-order valence-corrected chi connectivity index (χ0v) is 12.1. The maximum atomic E-state index is 9.78. The van der Waals surface area contributed by atoms with Crippen molar-refractivity contribution in [2.45, 2.75) is 38.1 Å². The van der Waals surface area contributed by atoms with Crippen LogP contribution in [0.1, 0.15) is 18.9 Å². The van der Waals surface area contributed by atoms with E-state index in [4.69, 9.17) is 11.6 Å². The number of hydrogen-bond acceptors (Lipinski definition) is 3. The van der Waals surface area contributed by atoms with Gasteiger partial charge in [-0.2, -0.15) is 0 Å². The fraction of sp³-hybridized carbons (Fsp3) is 0.600. The Hall–Kier alpha value is -0.610. The highest BCUT2D eigenvalue weighted by Crippen LogP contribution is 2.26. The molecule has 3 nitrogen and oxygen atoms in total. The average Bonchev–Trinajstić information content (AvgIpc) is 2.69. The number of hydrogen-bond donors (Lipinski definition) is 1. The molecule has 104 valence electrons. The summed E-state index contributed by atoms with van der Waals surface area (Å²) in [4.78, 5) is 4.94. The Morgan fingerprint density at radius 3 is 2.95 bits per heavy atom. The van der Waals surface area contributed by atoms with Crippen molar-refractivity contribution in [1.29, 1.82) is 0 Å². The lowest BCUT2D eigenvalue weighted by Gasteiger charge is -2.42. The predicted octanol–water partition coefficient (Wildman–Crippen LogP) is 1.98. The largest absolute Gasteiger partial charge is 0.392 e. The van der Waals surface area contributed by atoms with Crippen LogP contribution in [0.4, 0.5) is 0 Å². The van der Waals surface area contributed by atoms with E-state index in [1.807, 2.05) is 18.2 Å².